The summed E-state index contributed by atoms with van der Waals surface area (Å²) in [5, 5.41) is 65.5. The van der Waals surface area contributed by atoms with E-state index >= 15 is 0 Å². The number of alkyl halides is 1. The summed E-state index contributed by atoms with van der Waals surface area (Å²) in [4.78, 5) is 40.5. The van der Waals surface area contributed by atoms with Crippen molar-refractivity contribution in [3.8, 4) is 0 Å². The fraction of sp³-hybridized carbons (Fsp3) is 0.548. The van der Waals surface area contributed by atoms with E-state index in [4.69, 9.17) is 73.7 Å². The lowest BCUT2D eigenvalue weighted by Gasteiger charge is -2.46. The lowest BCUT2D eigenvalue weighted by molar-refractivity contribution is -0.338. The molecule has 18 nitrogen and oxygen atoms in total. The standard InChI is InChI=1S/C42H53Cl3N2O16/c1-20-16-24(45)36(60-20)23(44)14-11-13-22(43)12-9-7-5-4-6-8-10-15-26(48)30-32(52)25(17-29(46)50)47(39(30)56)40-37(33(53)27(49)18-58-40)63-41-35(55)34(54)28(19-59-41)62-42-38(57-3)31(51)21(2)61-42/h4-15,20-21,24-25,27-28,31,33-38,40-42,48-49,51,53-55H,16-19H2,1-3H3,(H2,46,50)/b5-4+,8-6+,9-7+,13-11+,15-10+,22-12-,23-14-,30-26+/t20-,21-,24+,25+,27-,28-,31-,33+,34-,35+,36-,37-,38+,40-,41+,42+/m1/s1. The van der Waals surface area contributed by atoms with Crippen LogP contribution in [0.5, 0.6) is 0 Å². The minimum atomic E-state index is -1.86. The molecule has 0 aromatic carbocycles. The number of halogens is 3. The predicted octanol–water partition coefficient (Wildman–Crippen LogP) is 1.31. The van der Waals surface area contributed by atoms with Crippen molar-refractivity contribution < 1.29 is 78.2 Å². The molecule has 0 bridgehead atoms. The number of aliphatic hydroxyl groups is 6. The summed E-state index contributed by atoms with van der Waals surface area (Å²) >= 11 is 18.8. The van der Waals surface area contributed by atoms with E-state index in [1.807, 2.05) is 6.92 Å². The monoisotopic (exact) mass is 946 g/mol. The highest BCUT2D eigenvalue weighted by molar-refractivity contribution is 6.32. The van der Waals surface area contributed by atoms with Crippen LogP contribution in [0, 0.1) is 0 Å². The van der Waals surface area contributed by atoms with Crippen molar-refractivity contribution in [2.45, 2.75) is 124 Å². The van der Waals surface area contributed by atoms with Crippen molar-refractivity contribution in [1.82, 2.24) is 4.90 Å². The van der Waals surface area contributed by atoms with Crippen molar-refractivity contribution in [2.24, 2.45) is 5.73 Å². The van der Waals surface area contributed by atoms with Crippen LogP contribution < -0.4 is 5.73 Å². The molecule has 348 valence electrons. The number of carbonyl (C=O) groups is 3. The van der Waals surface area contributed by atoms with Crippen LogP contribution in [-0.2, 0) is 47.5 Å². The smallest absolute Gasteiger partial charge is 0.264 e. The Morgan fingerprint density at radius 3 is 2.16 bits per heavy atom. The summed E-state index contributed by atoms with van der Waals surface area (Å²) in [5.41, 5.74) is 4.72. The summed E-state index contributed by atoms with van der Waals surface area (Å²) in [7, 11) is 1.34. The zero-order valence-electron chi connectivity index (χ0n) is 34.4. The fourth-order valence-corrected chi connectivity index (χ4v) is 8.32. The van der Waals surface area contributed by atoms with E-state index in [9.17, 15) is 45.0 Å². The molecule has 0 aromatic rings. The van der Waals surface area contributed by atoms with Crippen LogP contribution in [0.3, 0.4) is 0 Å². The SMILES string of the molecule is CO[C@@H]1[C@H](O[C@@H]2CO[C@@H](O[C@@H]3[C@@H](O)[C@H](O)CO[C@H]3N3C(=O)\C(=C(O)/C=C/C=C/C=C/C=C/C=C(Cl)/C=C/C=C(\Cl)[C@H]4O[C@H](C)C[C@@H]4Cl)C(=O)[C@@H]3CC(N)=O)[C@@H](O)[C@@H]2O)O[C@H](C)[C@H]1O. The van der Waals surface area contributed by atoms with Gasteiger partial charge in [-0.1, -0.05) is 71.8 Å². The van der Waals surface area contributed by atoms with E-state index in [1.54, 1.807) is 61.6 Å². The number of likely N-dealkylation sites (tertiary alicyclic amines) is 1. The van der Waals surface area contributed by atoms with Crippen LogP contribution in [0.25, 0.3) is 0 Å². The molecular weight excluding hydrogens is 895 g/mol. The van der Waals surface area contributed by atoms with E-state index in [0.29, 0.717) is 16.5 Å². The Bertz CT molecular complexity index is 1890. The minimum Gasteiger partial charge on any atom is -0.507 e. The Morgan fingerprint density at radius 2 is 1.51 bits per heavy atom. The number of methoxy groups -OCH3 is 1. The number of primary amides is 1. The largest absolute Gasteiger partial charge is 0.507 e. The van der Waals surface area contributed by atoms with Gasteiger partial charge in [0.05, 0.1) is 37.2 Å². The van der Waals surface area contributed by atoms with Crippen LogP contribution in [0.1, 0.15) is 26.7 Å². The van der Waals surface area contributed by atoms with Gasteiger partial charge in [0.25, 0.3) is 5.91 Å². The number of rotatable bonds is 16. The lowest BCUT2D eigenvalue weighted by Crippen LogP contribution is -2.65. The first kappa shape index (κ1) is 50.7. The van der Waals surface area contributed by atoms with Gasteiger partial charge in [0.15, 0.2) is 24.6 Å². The number of hydrogen-bond acceptors (Lipinski definition) is 16. The number of ether oxygens (including phenoxy) is 7. The molecule has 5 aliphatic heterocycles. The Morgan fingerprint density at radius 1 is 0.825 bits per heavy atom. The summed E-state index contributed by atoms with van der Waals surface area (Å²) in [6.07, 6.45) is 1.43. The van der Waals surface area contributed by atoms with E-state index in [1.165, 1.54) is 19.3 Å². The Kier molecular flexibility index (Phi) is 18.7. The van der Waals surface area contributed by atoms with E-state index in [0.717, 1.165) is 11.0 Å². The highest BCUT2D eigenvalue weighted by Crippen LogP contribution is 2.36. The molecule has 5 rings (SSSR count). The van der Waals surface area contributed by atoms with Crippen LogP contribution in [-0.4, -0.2) is 171 Å². The average Bonchev–Trinajstić information content (AvgIpc) is 3.81. The molecule has 0 unspecified atom stereocenters. The van der Waals surface area contributed by atoms with Crippen molar-refractivity contribution >= 4 is 52.4 Å². The molecule has 5 aliphatic rings. The third kappa shape index (κ3) is 12.5. The van der Waals surface area contributed by atoms with Gasteiger partial charge in [0.2, 0.25) is 5.91 Å². The number of allylic oxidation sites excluding steroid dienone is 13. The summed E-state index contributed by atoms with van der Waals surface area (Å²) < 4.78 is 39.5. The third-order valence-corrected chi connectivity index (χ3v) is 11.7. The van der Waals surface area contributed by atoms with Gasteiger partial charge in [0.1, 0.15) is 72.3 Å². The lowest BCUT2D eigenvalue weighted by atomic mass is 10.0. The maximum atomic E-state index is 13.9. The van der Waals surface area contributed by atoms with Gasteiger partial charge in [-0.2, -0.15) is 0 Å². The molecule has 2 amide bonds. The molecular formula is C42H53Cl3N2O16. The van der Waals surface area contributed by atoms with E-state index in [-0.39, 0.29) is 17.6 Å². The molecule has 0 saturated carbocycles. The molecule has 21 heteroatoms. The van der Waals surface area contributed by atoms with Crippen LogP contribution >= 0.6 is 34.8 Å². The molecule has 16 atom stereocenters. The summed E-state index contributed by atoms with van der Waals surface area (Å²) in [5.74, 6) is -3.87. The Balaban J connectivity index is 1.22. The van der Waals surface area contributed by atoms with E-state index < -0.39 is 128 Å². The molecule has 8 N–H and O–H groups in total. The number of carbonyl (C=O) groups excluding carboxylic acids is 3. The normalized spacial score (nSPS) is 39.4. The molecule has 0 aromatic heterocycles. The zero-order chi connectivity index (χ0) is 46.1. The van der Waals surface area contributed by atoms with Crippen LogP contribution in [0.15, 0.2) is 94.3 Å². The molecule has 63 heavy (non-hydrogen) atoms. The number of aliphatic hydroxyl groups excluding tert-OH is 6. The highest BCUT2D eigenvalue weighted by Gasteiger charge is 2.56. The minimum absolute atomic E-state index is 0.0293. The molecule has 5 fully saturated rings. The maximum absolute atomic E-state index is 13.9. The maximum Gasteiger partial charge on any atom is 0.264 e. The van der Waals surface area contributed by atoms with Crippen molar-refractivity contribution in [3.05, 3.63) is 94.3 Å². The van der Waals surface area contributed by atoms with Gasteiger partial charge in [-0.25, -0.2) is 0 Å². The van der Waals surface area contributed by atoms with Crippen LogP contribution in [0.4, 0.5) is 0 Å². The van der Waals surface area contributed by atoms with Crippen molar-refractivity contribution in [3.63, 3.8) is 0 Å². The van der Waals surface area contributed by atoms with Crippen molar-refractivity contribution in [2.75, 3.05) is 20.3 Å². The fourth-order valence-electron chi connectivity index (χ4n) is 7.39. The van der Waals surface area contributed by atoms with Crippen molar-refractivity contribution in [1.29, 1.82) is 0 Å². The predicted molar refractivity (Wildman–Crippen MR) is 226 cm³/mol. The van der Waals surface area contributed by atoms with E-state index in [2.05, 4.69) is 0 Å². The number of hydrogen-bond donors (Lipinski definition) is 7. The van der Waals surface area contributed by atoms with Gasteiger partial charge in [-0.05, 0) is 44.6 Å². The van der Waals surface area contributed by atoms with Gasteiger partial charge in [-0.15, -0.1) is 11.6 Å². The first-order valence-electron chi connectivity index (χ1n) is 20.0. The number of nitrogens with two attached hydrogens (primary N) is 1. The molecule has 0 aliphatic carbocycles. The summed E-state index contributed by atoms with van der Waals surface area (Å²) in [6.45, 7) is 2.55. The van der Waals surface area contributed by atoms with Gasteiger partial charge < -0.3 is 69.5 Å². The number of amides is 2. The Labute approximate surface area is 378 Å². The second kappa shape index (κ2) is 23.3. The number of nitrogens with zero attached hydrogens (tertiary/aromatic N) is 1. The first-order valence-corrected chi connectivity index (χ1v) is 21.2. The number of Topliss-reactive ketones (excluding diaryl/α,β-unsaturated/α-hetero) is 1. The molecule has 0 radical (unpaired) electrons. The molecule has 5 saturated heterocycles. The quantitative estimate of drug-likeness (QED) is 0.0378. The number of ketones is 1. The Hall–Kier alpha value is -3.28. The molecule has 5 heterocycles. The second-order valence-electron chi connectivity index (χ2n) is 15.3. The first-order chi connectivity index (χ1) is 29.9. The molecule has 0 spiro atoms. The third-order valence-electron chi connectivity index (χ3n) is 10.7. The second-order valence-corrected chi connectivity index (χ2v) is 16.7. The van der Waals surface area contributed by atoms with Gasteiger partial charge >= 0.3 is 0 Å². The highest BCUT2D eigenvalue weighted by atomic mass is 35.5. The zero-order valence-corrected chi connectivity index (χ0v) is 36.7. The van der Waals surface area contributed by atoms with Crippen LogP contribution in [0.2, 0.25) is 0 Å². The topological polar surface area (TPSA) is 266 Å². The van der Waals surface area contributed by atoms with Gasteiger partial charge in [-0.3, -0.25) is 19.3 Å². The summed E-state index contributed by atoms with van der Waals surface area (Å²) in [6, 6.07) is -1.63. The average molecular weight is 948 g/mol. The van der Waals surface area contributed by atoms with Gasteiger partial charge in [0, 0.05) is 17.2 Å².